The first-order chi connectivity index (χ1) is 19.8. The molecule has 0 saturated carbocycles. The number of nitrogens with zero attached hydrogens (tertiary/aromatic N) is 5. The van der Waals surface area contributed by atoms with E-state index in [0.29, 0.717) is 56.3 Å². The molecule has 2 fully saturated rings. The second-order valence-corrected chi connectivity index (χ2v) is 12.6. The SMILES string of the molecule is Cc1ccc(N2CCCC2=O)cc1S(=O)(=O)N1CCN(c2nc(N[C@H](C)c3ccccc3)c3ccccc3n2)CC1. The van der Waals surface area contributed by atoms with Crippen LogP contribution in [0.15, 0.2) is 77.7 Å². The van der Waals surface area contributed by atoms with Crippen LogP contribution in [0.5, 0.6) is 0 Å². The highest BCUT2D eigenvalue weighted by Gasteiger charge is 2.32. The number of para-hydroxylation sites is 1. The highest BCUT2D eigenvalue weighted by Crippen LogP contribution is 2.31. The van der Waals surface area contributed by atoms with Gasteiger partial charge in [0.2, 0.25) is 21.9 Å². The summed E-state index contributed by atoms with van der Waals surface area (Å²) in [6.45, 7) is 6.08. The van der Waals surface area contributed by atoms with Gasteiger partial charge in [-0.3, -0.25) is 4.79 Å². The van der Waals surface area contributed by atoms with E-state index in [2.05, 4.69) is 24.4 Å². The molecule has 4 aromatic rings. The lowest BCUT2D eigenvalue weighted by atomic mass is 10.1. The Morgan fingerprint density at radius 2 is 1.61 bits per heavy atom. The second kappa shape index (κ2) is 11.1. The van der Waals surface area contributed by atoms with Gasteiger partial charge in [-0.1, -0.05) is 48.5 Å². The number of sulfonamides is 1. The van der Waals surface area contributed by atoms with E-state index in [1.165, 1.54) is 4.31 Å². The van der Waals surface area contributed by atoms with Crippen LogP contribution in [-0.4, -0.2) is 61.3 Å². The van der Waals surface area contributed by atoms with Crippen LogP contribution in [0.25, 0.3) is 10.9 Å². The van der Waals surface area contributed by atoms with Crippen molar-refractivity contribution < 1.29 is 13.2 Å². The highest BCUT2D eigenvalue weighted by atomic mass is 32.2. The van der Waals surface area contributed by atoms with Crippen molar-refractivity contribution in [2.24, 2.45) is 0 Å². The molecule has 0 bridgehead atoms. The molecule has 0 radical (unpaired) electrons. The number of nitrogens with one attached hydrogen (secondary N) is 1. The Balaban J connectivity index is 1.22. The van der Waals surface area contributed by atoms with E-state index in [1.807, 2.05) is 53.4 Å². The molecule has 41 heavy (non-hydrogen) atoms. The number of fused-ring (bicyclic) bond motifs is 1. The van der Waals surface area contributed by atoms with Gasteiger partial charge in [0.15, 0.2) is 0 Å². The number of benzene rings is 3. The molecule has 3 aromatic carbocycles. The van der Waals surface area contributed by atoms with Gasteiger partial charge in [0, 0.05) is 56.3 Å². The van der Waals surface area contributed by atoms with Gasteiger partial charge in [-0.05, 0) is 55.7 Å². The van der Waals surface area contributed by atoms with Crippen molar-refractivity contribution in [1.29, 1.82) is 0 Å². The molecule has 1 atom stereocenters. The monoisotopic (exact) mass is 570 g/mol. The van der Waals surface area contributed by atoms with Crippen LogP contribution in [0.4, 0.5) is 17.5 Å². The molecule has 10 heteroatoms. The number of piperazine rings is 1. The summed E-state index contributed by atoms with van der Waals surface area (Å²) in [5.41, 5.74) is 3.30. The van der Waals surface area contributed by atoms with E-state index >= 15 is 0 Å². The molecule has 0 spiro atoms. The summed E-state index contributed by atoms with van der Waals surface area (Å²) in [5.74, 6) is 1.36. The molecule has 2 saturated heterocycles. The quantitative estimate of drug-likeness (QED) is 0.342. The zero-order valence-corrected chi connectivity index (χ0v) is 24.1. The van der Waals surface area contributed by atoms with Crippen molar-refractivity contribution in [2.45, 2.75) is 37.6 Å². The van der Waals surface area contributed by atoms with Gasteiger partial charge in [-0.15, -0.1) is 0 Å². The third-order valence-corrected chi connectivity index (χ3v) is 9.98. The number of anilines is 3. The third-order valence-electron chi connectivity index (χ3n) is 7.94. The minimum absolute atomic E-state index is 0.0354. The number of aryl methyl sites for hydroxylation is 1. The summed E-state index contributed by atoms with van der Waals surface area (Å²) in [5, 5.41) is 4.50. The molecular weight excluding hydrogens is 536 g/mol. The molecule has 212 valence electrons. The van der Waals surface area contributed by atoms with Crippen LogP contribution in [0.1, 0.15) is 36.9 Å². The zero-order chi connectivity index (χ0) is 28.6. The molecule has 6 rings (SSSR count). The number of amides is 1. The van der Waals surface area contributed by atoms with Crippen molar-refractivity contribution >= 4 is 44.3 Å². The Morgan fingerprint density at radius 3 is 2.34 bits per heavy atom. The lowest BCUT2D eigenvalue weighted by Crippen LogP contribution is -2.49. The van der Waals surface area contributed by atoms with E-state index in [-0.39, 0.29) is 16.8 Å². The molecule has 2 aliphatic rings. The molecule has 2 aliphatic heterocycles. The smallest absolute Gasteiger partial charge is 0.243 e. The van der Waals surface area contributed by atoms with Gasteiger partial charge >= 0.3 is 0 Å². The number of aromatic nitrogens is 2. The van der Waals surface area contributed by atoms with Crippen LogP contribution >= 0.6 is 0 Å². The van der Waals surface area contributed by atoms with Crippen LogP contribution < -0.4 is 15.1 Å². The summed E-state index contributed by atoms with van der Waals surface area (Å²) < 4.78 is 29.0. The zero-order valence-electron chi connectivity index (χ0n) is 23.3. The van der Waals surface area contributed by atoms with Crippen LogP contribution in [0.3, 0.4) is 0 Å². The Hall–Kier alpha value is -4.02. The fourth-order valence-electron chi connectivity index (χ4n) is 5.57. The van der Waals surface area contributed by atoms with E-state index in [4.69, 9.17) is 9.97 Å². The van der Waals surface area contributed by atoms with Crippen molar-refractivity contribution in [3.63, 3.8) is 0 Å². The summed E-state index contributed by atoms with van der Waals surface area (Å²) >= 11 is 0. The molecule has 1 aromatic heterocycles. The van der Waals surface area contributed by atoms with Gasteiger partial charge in [0.05, 0.1) is 10.4 Å². The van der Waals surface area contributed by atoms with E-state index in [0.717, 1.165) is 28.7 Å². The van der Waals surface area contributed by atoms with Crippen molar-refractivity contribution in [3.8, 4) is 0 Å². The maximum Gasteiger partial charge on any atom is 0.243 e. The summed E-state index contributed by atoms with van der Waals surface area (Å²) in [6, 6.07) is 23.4. The second-order valence-electron chi connectivity index (χ2n) is 10.7. The number of carbonyl (C=O) groups excluding carboxylic acids is 1. The summed E-state index contributed by atoms with van der Waals surface area (Å²) in [4.78, 5) is 26.0. The topological polar surface area (TPSA) is 98.7 Å². The molecule has 0 aliphatic carbocycles. The predicted octanol–water partition coefficient (Wildman–Crippen LogP) is 4.75. The molecule has 9 nitrogen and oxygen atoms in total. The minimum Gasteiger partial charge on any atom is -0.363 e. The first-order valence-corrected chi connectivity index (χ1v) is 15.5. The standard InChI is InChI=1S/C31H34N6O3S/c1-22-14-15-25(37-16-8-13-29(37)38)21-28(22)41(39,40)36-19-17-35(18-20-36)31-33-27-12-7-6-11-26(27)30(34-31)32-23(2)24-9-4-3-5-10-24/h3-7,9-12,14-15,21,23H,8,13,16-20H2,1-2H3,(H,32,33,34)/t23-/m1/s1. The maximum absolute atomic E-state index is 13.7. The molecule has 3 heterocycles. The Morgan fingerprint density at radius 1 is 0.878 bits per heavy atom. The number of hydrogen-bond donors (Lipinski definition) is 1. The van der Waals surface area contributed by atoms with Crippen molar-refractivity contribution in [2.75, 3.05) is 47.8 Å². The van der Waals surface area contributed by atoms with Crippen molar-refractivity contribution in [1.82, 2.24) is 14.3 Å². The lowest BCUT2D eigenvalue weighted by Gasteiger charge is -2.34. The minimum atomic E-state index is -3.74. The van der Waals surface area contributed by atoms with Gasteiger partial charge in [-0.25, -0.2) is 13.4 Å². The summed E-state index contributed by atoms with van der Waals surface area (Å²) in [7, 11) is -3.74. The van der Waals surface area contributed by atoms with Crippen molar-refractivity contribution in [3.05, 3.63) is 83.9 Å². The third kappa shape index (κ3) is 5.37. The summed E-state index contributed by atoms with van der Waals surface area (Å²) in [6.07, 6.45) is 1.28. The first-order valence-electron chi connectivity index (χ1n) is 14.1. The molecule has 0 unspecified atom stereocenters. The fourth-order valence-corrected chi connectivity index (χ4v) is 7.24. The normalized spacial score (nSPS) is 17.3. The van der Waals surface area contributed by atoms with Crippen LogP contribution in [-0.2, 0) is 14.8 Å². The number of carbonyl (C=O) groups is 1. The molecular formula is C31H34N6O3S. The average molecular weight is 571 g/mol. The van der Waals surface area contributed by atoms with Crippen LogP contribution in [0, 0.1) is 6.92 Å². The number of hydrogen-bond acceptors (Lipinski definition) is 7. The highest BCUT2D eigenvalue weighted by molar-refractivity contribution is 7.89. The molecule has 1 N–H and O–H groups in total. The van der Waals surface area contributed by atoms with Gasteiger partial charge in [0.1, 0.15) is 5.82 Å². The largest absolute Gasteiger partial charge is 0.363 e. The Bertz CT molecular complexity index is 1690. The van der Waals surface area contributed by atoms with E-state index in [9.17, 15) is 13.2 Å². The van der Waals surface area contributed by atoms with Gasteiger partial charge in [-0.2, -0.15) is 9.29 Å². The van der Waals surface area contributed by atoms with E-state index in [1.54, 1.807) is 24.0 Å². The predicted molar refractivity (Wildman–Crippen MR) is 162 cm³/mol. The van der Waals surface area contributed by atoms with Crippen LogP contribution in [0.2, 0.25) is 0 Å². The average Bonchev–Trinajstić information content (AvgIpc) is 3.43. The Labute approximate surface area is 240 Å². The van der Waals surface area contributed by atoms with E-state index < -0.39 is 10.0 Å². The fraction of sp³-hybridized carbons (Fsp3) is 0.323. The van der Waals surface area contributed by atoms with Gasteiger partial charge in [0.25, 0.3) is 0 Å². The lowest BCUT2D eigenvalue weighted by molar-refractivity contribution is -0.117. The number of rotatable bonds is 7. The first kappa shape index (κ1) is 27.2. The molecule has 1 amide bonds. The Kier molecular flexibility index (Phi) is 7.35. The van der Waals surface area contributed by atoms with Gasteiger partial charge < -0.3 is 15.1 Å². The maximum atomic E-state index is 13.7.